The highest BCUT2D eigenvalue weighted by molar-refractivity contribution is 9.10. The summed E-state index contributed by atoms with van der Waals surface area (Å²) in [5.41, 5.74) is 1.22. The van der Waals surface area contributed by atoms with Gasteiger partial charge in [-0.25, -0.2) is 0 Å². The first-order valence-electron chi connectivity index (χ1n) is 4.76. The number of hydrogen-bond donors (Lipinski definition) is 1. The SMILES string of the molecule is Brc1cncc(CC2CNCCO2)c1. The van der Waals surface area contributed by atoms with E-state index in [9.17, 15) is 0 Å². The third-order valence-electron chi connectivity index (χ3n) is 2.23. The second-order valence-electron chi connectivity index (χ2n) is 3.41. The molecule has 0 bridgehead atoms. The number of halogens is 1. The standard InChI is InChI=1S/C10H13BrN2O/c11-9-3-8(5-13-6-9)4-10-7-12-1-2-14-10/h3,5-6,10,12H,1-2,4,7H2. The zero-order valence-corrected chi connectivity index (χ0v) is 9.46. The van der Waals surface area contributed by atoms with Gasteiger partial charge in [-0.1, -0.05) is 0 Å². The molecule has 76 valence electrons. The van der Waals surface area contributed by atoms with Crippen molar-refractivity contribution in [3.63, 3.8) is 0 Å². The van der Waals surface area contributed by atoms with Gasteiger partial charge < -0.3 is 10.1 Å². The van der Waals surface area contributed by atoms with Crippen LogP contribution >= 0.6 is 15.9 Å². The van der Waals surface area contributed by atoms with E-state index in [0.29, 0.717) is 6.10 Å². The summed E-state index contributed by atoms with van der Waals surface area (Å²) in [6.45, 7) is 2.71. The number of aromatic nitrogens is 1. The maximum atomic E-state index is 5.62. The fraction of sp³-hybridized carbons (Fsp3) is 0.500. The summed E-state index contributed by atoms with van der Waals surface area (Å²) in [5, 5.41) is 3.31. The third kappa shape index (κ3) is 2.77. The van der Waals surface area contributed by atoms with Gasteiger partial charge in [-0.2, -0.15) is 0 Å². The molecule has 0 amide bonds. The first-order valence-corrected chi connectivity index (χ1v) is 5.55. The van der Waals surface area contributed by atoms with Crippen LogP contribution in [0.1, 0.15) is 5.56 Å². The molecule has 3 nitrogen and oxygen atoms in total. The molecule has 1 atom stereocenters. The molecule has 1 aliphatic heterocycles. The van der Waals surface area contributed by atoms with Gasteiger partial charge in [0.05, 0.1) is 12.7 Å². The van der Waals surface area contributed by atoms with Crippen molar-refractivity contribution in [3.05, 3.63) is 28.5 Å². The molecule has 2 heterocycles. The summed E-state index contributed by atoms with van der Waals surface area (Å²) in [7, 11) is 0. The fourth-order valence-corrected chi connectivity index (χ4v) is 1.99. The summed E-state index contributed by atoms with van der Waals surface area (Å²) < 4.78 is 6.64. The summed E-state index contributed by atoms with van der Waals surface area (Å²) in [5.74, 6) is 0. The molecule has 0 spiro atoms. The Balaban J connectivity index is 1.95. The van der Waals surface area contributed by atoms with Crippen LogP contribution < -0.4 is 5.32 Å². The first kappa shape index (κ1) is 10.1. The van der Waals surface area contributed by atoms with Crippen LogP contribution in [0.4, 0.5) is 0 Å². The Bertz CT molecular complexity index is 300. The lowest BCUT2D eigenvalue weighted by Gasteiger charge is -2.23. The van der Waals surface area contributed by atoms with Gasteiger partial charge in [0.1, 0.15) is 0 Å². The van der Waals surface area contributed by atoms with Crippen LogP contribution in [0.3, 0.4) is 0 Å². The van der Waals surface area contributed by atoms with Crippen LogP contribution in [-0.4, -0.2) is 30.8 Å². The van der Waals surface area contributed by atoms with Crippen LogP contribution in [0.5, 0.6) is 0 Å². The van der Waals surface area contributed by atoms with Crippen LogP contribution in [0.25, 0.3) is 0 Å². The monoisotopic (exact) mass is 256 g/mol. The van der Waals surface area contributed by atoms with Gasteiger partial charge in [-0.3, -0.25) is 4.98 Å². The van der Waals surface area contributed by atoms with Gasteiger partial charge in [0, 0.05) is 36.4 Å². The zero-order chi connectivity index (χ0) is 9.80. The van der Waals surface area contributed by atoms with Gasteiger partial charge in [0.2, 0.25) is 0 Å². The zero-order valence-electron chi connectivity index (χ0n) is 7.87. The second-order valence-corrected chi connectivity index (χ2v) is 4.33. The molecule has 1 aliphatic rings. The third-order valence-corrected chi connectivity index (χ3v) is 2.66. The molecular weight excluding hydrogens is 244 g/mol. The smallest absolute Gasteiger partial charge is 0.0740 e. The minimum atomic E-state index is 0.292. The average Bonchev–Trinajstić information content (AvgIpc) is 2.19. The van der Waals surface area contributed by atoms with E-state index in [1.54, 1.807) is 6.20 Å². The Kier molecular flexibility index (Phi) is 3.50. The van der Waals surface area contributed by atoms with E-state index in [2.05, 4.69) is 32.3 Å². The number of nitrogens with one attached hydrogen (secondary N) is 1. The molecule has 1 unspecified atom stereocenters. The minimum absolute atomic E-state index is 0.292. The summed E-state index contributed by atoms with van der Waals surface area (Å²) in [4.78, 5) is 4.13. The van der Waals surface area contributed by atoms with Crippen molar-refractivity contribution in [2.24, 2.45) is 0 Å². The predicted molar refractivity (Wildman–Crippen MR) is 58.3 cm³/mol. The van der Waals surface area contributed by atoms with Gasteiger partial charge >= 0.3 is 0 Å². The highest BCUT2D eigenvalue weighted by Gasteiger charge is 2.13. The Morgan fingerprint density at radius 2 is 2.50 bits per heavy atom. The van der Waals surface area contributed by atoms with Crippen LogP contribution in [0.15, 0.2) is 22.9 Å². The number of pyridine rings is 1. The van der Waals surface area contributed by atoms with E-state index in [4.69, 9.17) is 4.74 Å². The van der Waals surface area contributed by atoms with Crippen LogP contribution in [0.2, 0.25) is 0 Å². The van der Waals surface area contributed by atoms with E-state index in [-0.39, 0.29) is 0 Å². The molecule has 4 heteroatoms. The van der Waals surface area contributed by atoms with Crippen molar-refractivity contribution in [1.29, 1.82) is 0 Å². The molecule has 1 saturated heterocycles. The van der Waals surface area contributed by atoms with Crippen molar-refractivity contribution in [3.8, 4) is 0 Å². The molecule has 0 aliphatic carbocycles. The maximum absolute atomic E-state index is 5.62. The molecule has 14 heavy (non-hydrogen) atoms. The quantitative estimate of drug-likeness (QED) is 0.869. The van der Waals surface area contributed by atoms with Crippen molar-refractivity contribution >= 4 is 15.9 Å². The Morgan fingerprint density at radius 1 is 1.57 bits per heavy atom. The normalized spacial score (nSPS) is 22.2. The highest BCUT2D eigenvalue weighted by Crippen LogP contribution is 2.12. The van der Waals surface area contributed by atoms with E-state index < -0.39 is 0 Å². The number of hydrogen-bond acceptors (Lipinski definition) is 3. The summed E-state index contributed by atoms with van der Waals surface area (Å²) in [6, 6.07) is 2.09. The van der Waals surface area contributed by atoms with Crippen molar-refractivity contribution in [1.82, 2.24) is 10.3 Å². The lowest BCUT2D eigenvalue weighted by molar-refractivity contribution is 0.0292. The molecule has 0 saturated carbocycles. The number of nitrogens with zero attached hydrogens (tertiary/aromatic N) is 1. The average molecular weight is 257 g/mol. The Hall–Kier alpha value is -0.450. The second kappa shape index (κ2) is 4.87. The van der Waals surface area contributed by atoms with Crippen LogP contribution in [0, 0.1) is 0 Å². The minimum Gasteiger partial charge on any atom is -0.375 e. The van der Waals surface area contributed by atoms with Crippen molar-refractivity contribution in [2.75, 3.05) is 19.7 Å². The van der Waals surface area contributed by atoms with Gasteiger partial charge in [-0.05, 0) is 27.6 Å². The fourth-order valence-electron chi connectivity index (χ4n) is 1.58. The lowest BCUT2D eigenvalue weighted by atomic mass is 10.1. The molecule has 0 aromatic carbocycles. The molecule has 1 aromatic rings. The summed E-state index contributed by atoms with van der Waals surface area (Å²) >= 11 is 3.41. The lowest BCUT2D eigenvalue weighted by Crippen LogP contribution is -2.39. The van der Waals surface area contributed by atoms with Crippen LogP contribution in [-0.2, 0) is 11.2 Å². The van der Waals surface area contributed by atoms with Crippen molar-refractivity contribution < 1.29 is 4.74 Å². The molecule has 1 fully saturated rings. The summed E-state index contributed by atoms with van der Waals surface area (Å²) in [6.07, 6.45) is 4.91. The first-order chi connectivity index (χ1) is 6.84. The molecule has 2 rings (SSSR count). The number of morpholine rings is 1. The van der Waals surface area contributed by atoms with Crippen molar-refractivity contribution in [2.45, 2.75) is 12.5 Å². The van der Waals surface area contributed by atoms with E-state index in [0.717, 1.165) is 30.6 Å². The topological polar surface area (TPSA) is 34.2 Å². The Labute approximate surface area is 92.0 Å². The van der Waals surface area contributed by atoms with E-state index >= 15 is 0 Å². The predicted octanol–water partition coefficient (Wildman–Crippen LogP) is 1.37. The molecule has 0 radical (unpaired) electrons. The molecule has 1 aromatic heterocycles. The Morgan fingerprint density at radius 3 is 3.21 bits per heavy atom. The number of ether oxygens (including phenoxy) is 1. The highest BCUT2D eigenvalue weighted by atomic mass is 79.9. The van der Waals surface area contributed by atoms with Gasteiger partial charge in [-0.15, -0.1) is 0 Å². The number of rotatable bonds is 2. The molecule has 1 N–H and O–H groups in total. The molecular formula is C10H13BrN2O. The van der Waals surface area contributed by atoms with E-state index in [1.165, 1.54) is 5.56 Å². The largest absolute Gasteiger partial charge is 0.375 e. The van der Waals surface area contributed by atoms with E-state index in [1.807, 2.05) is 6.20 Å². The van der Waals surface area contributed by atoms with Gasteiger partial charge in [0.15, 0.2) is 0 Å². The van der Waals surface area contributed by atoms with Gasteiger partial charge in [0.25, 0.3) is 0 Å². The maximum Gasteiger partial charge on any atom is 0.0740 e.